The first-order valence-electron chi connectivity index (χ1n) is 10.2. The second-order valence-corrected chi connectivity index (χ2v) is 8.21. The van der Waals surface area contributed by atoms with Gasteiger partial charge in [-0.2, -0.15) is 0 Å². The Morgan fingerprint density at radius 3 is 2.48 bits per heavy atom. The van der Waals surface area contributed by atoms with E-state index < -0.39 is 0 Å². The van der Waals surface area contributed by atoms with Crippen molar-refractivity contribution in [3.05, 3.63) is 65.2 Å². The van der Waals surface area contributed by atoms with Crippen LogP contribution in [0.2, 0.25) is 5.02 Å². The van der Waals surface area contributed by atoms with Gasteiger partial charge in [0.15, 0.2) is 0 Å². The van der Waals surface area contributed by atoms with Gasteiger partial charge in [-0.05, 0) is 30.2 Å². The number of carbonyl (C=O) groups excluding carboxylic acids is 2. The van der Waals surface area contributed by atoms with E-state index in [1.165, 1.54) is 5.56 Å². The maximum atomic E-state index is 13.0. The SMILES string of the molecule is O=C1CC(C(=O)N2CCN(c3cccc(Cl)c3)CC2)CN1CCc1ccccc1. The molecule has 2 fully saturated rings. The summed E-state index contributed by atoms with van der Waals surface area (Å²) in [6.07, 6.45) is 1.16. The molecule has 4 rings (SSSR count). The molecule has 1 unspecified atom stereocenters. The fraction of sp³-hybridized carbons (Fsp3) is 0.391. The molecule has 152 valence electrons. The number of rotatable bonds is 5. The van der Waals surface area contributed by atoms with Crippen LogP contribution in [0.15, 0.2) is 54.6 Å². The van der Waals surface area contributed by atoms with Crippen LogP contribution in [-0.4, -0.2) is 60.9 Å². The molecule has 0 aromatic heterocycles. The lowest BCUT2D eigenvalue weighted by atomic mass is 10.1. The van der Waals surface area contributed by atoms with Crippen LogP contribution in [0.5, 0.6) is 0 Å². The molecular weight excluding hydrogens is 386 g/mol. The molecule has 0 spiro atoms. The van der Waals surface area contributed by atoms with Gasteiger partial charge in [0.1, 0.15) is 0 Å². The van der Waals surface area contributed by atoms with E-state index in [2.05, 4.69) is 17.0 Å². The number of hydrogen-bond donors (Lipinski definition) is 0. The second-order valence-electron chi connectivity index (χ2n) is 7.77. The van der Waals surface area contributed by atoms with Gasteiger partial charge in [0.2, 0.25) is 11.8 Å². The third-order valence-corrected chi connectivity index (χ3v) is 6.08. The largest absolute Gasteiger partial charge is 0.368 e. The van der Waals surface area contributed by atoms with Crippen LogP contribution in [0.25, 0.3) is 0 Å². The summed E-state index contributed by atoms with van der Waals surface area (Å²) in [6, 6.07) is 18.0. The van der Waals surface area contributed by atoms with E-state index in [0.717, 1.165) is 30.2 Å². The molecule has 5 nitrogen and oxygen atoms in total. The Bertz CT molecular complexity index is 865. The summed E-state index contributed by atoms with van der Waals surface area (Å²) in [7, 11) is 0. The molecule has 2 aromatic rings. The number of hydrogen-bond acceptors (Lipinski definition) is 3. The minimum atomic E-state index is -0.212. The molecule has 29 heavy (non-hydrogen) atoms. The molecule has 2 heterocycles. The van der Waals surface area contributed by atoms with Crippen LogP contribution in [-0.2, 0) is 16.0 Å². The average Bonchev–Trinajstić information content (AvgIpc) is 3.13. The number of halogens is 1. The standard InChI is InChI=1S/C23H26ClN3O2/c24-20-7-4-8-21(16-20)25-11-13-26(14-12-25)23(29)19-15-22(28)27(17-19)10-9-18-5-2-1-3-6-18/h1-8,16,19H,9-15,17H2. The molecule has 2 saturated heterocycles. The number of carbonyl (C=O) groups is 2. The van der Waals surface area contributed by atoms with Crippen molar-refractivity contribution in [1.29, 1.82) is 0 Å². The fourth-order valence-electron chi connectivity index (χ4n) is 4.18. The third-order valence-electron chi connectivity index (χ3n) is 5.84. The number of benzene rings is 2. The van der Waals surface area contributed by atoms with E-state index in [1.807, 2.05) is 52.3 Å². The number of anilines is 1. The molecular formula is C23H26ClN3O2. The number of piperazine rings is 1. The Kier molecular flexibility index (Phi) is 6.05. The van der Waals surface area contributed by atoms with Gasteiger partial charge in [-0.1, -0.05) is 48.0 Å². The van der Waals surface area contributed by atoms with Gasteiger partial charge in [0.05, 0.1) is 5.92 Å². The summed E-state index contributed by atoms with van der Waals surface area (Å²) in [5.41, 5.74) is 2.31. The van der Waals surface area contributed by atoms with Crippen LogP contribution in [0.3, 0.4) is 0 Å². The van der Waals surface area contributed by atoms with E-state index in [9.17, 15) is 9.59 Å². The Morgan fingerprint density at radius 2 is 1.76 bits per heavy atom. The smallest absolute Gasteiger partial charge is 0.228 e. The monoisotopic (exact) mass is 411 g/mol. The van der Waals surface area contributed by atoms with Crippen molar-refractivity contribution in [3.63, 3.8) is 0 Å². The first kappa shape index (κ1) is 19.8. The fourth-order valence-corrected chi connectivity index (χ4v) is 4.36. The van der Waals surface area contributed by atoms with Gasteiger partial charge >= 0.3 is 0 Å². The summed E-state index contributed by atoms with van der Waals surface area (Å²) in [4.78, 5) is 31.4. The second kappa shape index (κ2) is 8.87. The summed E-state index contributed by atoms with van der Waals surface area (Å²) in [5.74, 6) is -0.000794. The van der Waals surface area contributed by atoms with Gasteiger partial charge in [0.25, 0.3) is 0 Å². The molecule has 6 heteroatoms. The first-order valence-corrected chi connectivity index (χ1v) is 10.6. The van der Waals surface area contributed by atoms with E-state index in [-0.39, 0.29) is 17.7 Å². The van der Waals surface area contributed by atoms with Crippen LogP contribution in [0.1, 0.15) is 12.0 Å². The number of likely N-dealkylation sites (tertiary alicyclic amines) is 1. The highest BCUT2D eigenvalue weighted by molar-refractivity contribution is 6.30. The first-order chi connectivity index (χ1) is 14.1. The van der Waals surface area contributed by atoms with Gasteiger partial charge in [0, 0.05) is 56.4 Å². The predicted octanol–water partition coefficient (Wildman–Crippen LogP) is 3.08. The maximum absolute atomic E-state index is 13.0. The lowest BCUT2D eigenvalue weighted by Crippen LogP contribution is -2.50. The minimum absolute atomic E-state index is 0.0943. The van der Waals surface area contributed by atoms with Crippen molar-refractivity contribution in [2.75, 3.05) is 44.2 Å². The van der Waals surface area contributed by atoms with Crippen LogP contribution in [0.4, 0.5) is 5.69 Å². The van der Waals surface area contributed by atoms with E-state index in [1.54, 1.807) is 0 Å². The van der Waals surface area contributed by atoms with E-state index >= 15 is 0 Å². The molecule has 0 N–H and O–H groups in total. The zero-order chi connectivity index (χ0) is 20.2. The average molecular weight is 412 g/mol. The van der Waals surface area contributed by atoms with Gasteiger partial charge in [-0.25, -0.2) is 0 Å². The zero-order valence-electron chi connectivity index (χ0n) is 16.5. The van der Waals surface area contributed by atoms with E-state index in [0.29, 0.717) is 32.6 Å². The molecule has 2 aliphatic heterocycles. The predicted molar refractivity (Wildman–Crippen MR) is 115 cm³/mol. The van der Waals surface area contributed by atoms with Crippen molar-refractivity contribution in [2.45, 2.75) is 12.8 Å². The van der Waals surface area contributed by atoms with Gasteiger partial charge in [-0.3, -0.25) is 9.59 Å². The molecule has 2 aliphatic rings. The Labute approximate surface area is 176 Å². The molecule has 0 bridgehead atoms. The van der Waals surface area contributed by atoms with Crippen LogP contribution in [0, 0.1) is 5.92 Å². The van der Waals surface area contributed by atoms with Crippen molar-refractivity contribution in [2.24, 2.45) is 5.92 Å². The maximum Gasteiger partial charge on any atom is 0.228 e. The van der Waals surface area contributed by atoms with Crippen molar-refractivity contribution in [1.82, 2.24) is 9.80 Å². The normalized spacial score (nSPS) is 19.7. The van der Waals surface area contributed by atoms with Crippen molar-refractivity contribution < 1.29 is 9.59 Å². The highest BCUT2D eigenvalue weighted by atomic mass is 35.5. The molecule has 0 saturated carbocycles. The Morgan fingerprint density at radius 1 is 1.00 bits per heavy atom. The lowest BCUT2D eigenvalue weighted by molar-refractivity contribution is -0.136. The Hall–Kier alpha value is -2.53. The van der Waals surface area contributed by atoms with Gasteiger partial charge < -0.3 is 14.7 Å². The third kappa shape index (κ3) is 4.73. The highest BCUT2D eigenvalue weighted by Gasteiger charge is 2.37. The van der Waals surface area contributed by atoms with E-state index in [4.69, 9.17) is 11.6 Å². The molecule has 2 aromatic carbocycles. The molecule has 1 atom stereocenters. The number of nitrogens with zero attached hydrogens (tertiary/aromatic N) is 3. The quantitative estimate of drug-likeness (QED) is 0.759. The number of amides is 2. The molecule has 0 aliphatic carbocycles. The van der Waals surface area contributed by atoms with Crippen molar-refractivity contribution in [3.8, 4) is 0 Å². The summed E-state index contributed by atoms with van der Waals surface area (Å²) >= 11 is 6.09. The summed E-state index contributed by atoms with van der Waals surface area (Å²) < 4.78 is 0. The van der Waals surface area contributed by atoms with Gasteiger partial charge in [-0.15, -0.1) is 0 Å². The zero-order valence-corrected chi connectivity index (χ0v) is 17.2. The summed E-state index contributed by atoms with van der Waals surface area (Å²) in [6.45, 7) is 4.14. The minimum Gasteiger partial charge on any atom is -0.368 e. The molecule has 0 radical (unpaired) electrons. The Balaban J connectivity index is 1.28. The summed E-state index contributed by atoms with van der Waals surface area (Å²) in [5, 5.41) is 0.723. The lowest BCUT2D eigenvalue weighted by Gasteiger charge is -2.37. The van der Waals surface area contributed by atoms with Crippen LogP contribution >= 0.6 is 11.6 Å². The topological polar surface area (TPSA) is 43.9 Å². The van der Waals surface area contributed by atoms with Crippen molar-refractivity contribution >= 4 is 29.1 Å². The highest BCUT2D eigenvalue weighted by Crippen LogP contribution is 2.24. The van der Waals surface area contributed by atoms with Crippen LogP contribution < -0.4 is 4.90 Å². The molecule has 2 amide bonds.